The maximum absolute atomic E-state index is 9.95. The molecule has 0 aromatic heterocycles. The van der Waals surface area contributed by atoms with Crippen LogP contribution in [0.5, 0.6) is 0 Å². The Labute approximate surface area is 120 Å². The van der Waals surface area contributed by atoms with Crippen molar-refractivity contribution in [3.63, 3.8) is 0 Å². The predicted octanol–water partition coefficient (Wildman–Crippen LogP) is 2.04. The Morgan fingerprint density at radius 1 is 1.25 bits per heavy atom. The molecule has 2 aliphatic rings. The molecule has 3 rings (SSSR count). The third-order valence-electron chi connectivity index (χ3n) is 4.72. The van der Waals surface area contributed by atoms with E-state index < -0.39 is 0 Å². The molecule has 2 heterocycles. The van der Waals surface area contributed by atoms with Gasteiger partial charge < -0.3 is 10.8 Å². The number of amidine groups is 1. The average molecular weight is 273 g/mol. The highest BCUT2D eigenvalue weighted by molar-refractivity contribution is 5.77. The molecule has 2 aliphatic heterocycles. The van der Waals surface area contributed by atoms with Crippen molar-refractivity contribution < 1.29 is 5.11 Å². The van der Waals surface area contributed by atoms with Gasteiger partial charge in [-0.2, -0.15) is 0 Å². The van der Waals surface area contributed by atoms with Gasteiger partial charge in [0, 0.05) is 24.5 Å². The van der Waals surface area contributed by atoms with Gasteiger partial charge in [0.25, 0.3) is 0 Å². The van der Waals surface area contributed by atoms with Crippen LogP contribution in [0.25, 0.3) is 0 Å². The van der Waals surface area contributed by atoms with Crippen LogP contribution in [-0.4, -0.2) is 34.0 Å². The fourth-order valence-corrected chi connectivity index (χ4v) is 3.97. The minimum atomic E-state index is -0.155. The van der Waals surface area contributed by atoms with Crippen molar-refractivity contribution in [1.82, 2.24) is 4.90 Å². The lowest BCUT2D eigenvalue weighted by atomic mass is 9.93. The van der Waals surface area contributed by atoms with E-state index in [1.807, 2.05) is 18.2 Å². The van der Waals surface area contributed by atoms with Crippen molar-refractivity contribution in [2.45, 2.75) is 56.3 Å². The molecule has 0 saturated carbocycles. The summed E-state index contributed by atoms with van der Waals surface area (Å²) >= 11 is 0. The van der Waals surface area contributed by atoms with Gasteiger partial charge in [-0.1, -0.05) is 30.3 Å². The molecule has 3 unspecified atom stereocenters. The zero-order valence-electron chi connectivity index (χ0n) is 11.7. The van der Waals surface area contributed by atoms with Gasteiger partial charge in [0.2, 0.25) is 0 Å². The Morgan fingerprint density at radius 2 is 1.85 bits per heavy atom. The molecule has 1 aromatic carbocycles. The Morgan fingerprint density at radius 3 is 2.40 bits per heavy atom. The maximum Gasteiger partial charge on any atom is 0.0924 e. The van der Waals surface area contributed by atoms with Crippen LogP contribution in [0.2, 0.25) is 0 Å². The molecule has 0 spiro atoms. The molecule has 2 fully saturated rings. The number of piperidine rings is 1. The van der Waals surface area contributed by atoms with Crippen molar-refractivity contribution >= 4 is 5.84 Å². The third kappa shape index (κ3) is 2.58. The highest BCUT2D eigenvalue weighted by Gasteiger charge is 2.43. The summed E-state index contributed by atoms with van der Waals surface area (Å²) in [5.74, 6) is 0.240. The van der Waals surface area contributed by atoms with Crippen molar-refractivity contribution in [2.75, 3.05) is 0 Å². The van der Waals surface area contributed by atoms with Crippen molar-refractivity contribution in [2.24, 2.45) is 5.73 Å². The molecule has 0 amide bonds. The van der Waals surface area contributed by atoms with E-state index >= 15 is 0 Å². The molecule has 3 atom stereocenters. The molecule has 108 valence electrons. The quantitative estimate of drug-likeness (QED) is 0.580. The molecule has 0 aliphatic carbocycles. The first-order valence-corrected chi connectivity index (χ1v) is 7.48. The summed E-state index contributed by atoms with van der Waals surface area (Å²) in [7, 11) is 0. The summed E-state index contributed by atoms with van der Waals surface area (Å²) in [4.78, 5) is 2.52. The van der Waals surface area contributed by atoms with Gasteiger partial charge in [0.05, 0.1) is 11.9 Å². The average Bonchev–Trinajstić information content (AvgIpc) is 2.68. The van der Waals surface area contributed by atoms with Gasteiger partial charge in [-0.15, -0.1) is 0 Å². The smallest absolute Gasteiger partial charge is 0.0924 e. The second-order valence-electron chi connectivity index (χ2n) is 6.11. The van der Waals surface area contributed by atoms with E-state index in [1.165, 1.54) is 5.56 Å². The van der Waals surface area contributed by atoms with Crippen molar-refractivity contribution in [3.8, 4) is 0 Å². The van der Waals surface area contributed by atoms with Crippen LogP contribution in [0, 0.1) is 5.41 Å². The first-order valence-electron chi connectivity index (χ1n) is 7.48. The van der Waals surface area contributed by atoms with Crippen LogP contribution >= 0.6 is 0 Å². The van der Waals surface area contributed by atoms with E-state index in [0.717, 1.165) is 25.7 Å². The number of nitrogens with two attached hydrogens (primary N) is 1. The van der Waals surface area contributed by atoms with Crippen LogP contribution in [0.15, 0.2) is 30.3 Å². The Kier molecular flexibility index (Phi) is 3.76. The second-order valence-corrected chi connectivity index (χ2v) is 6.11. The van der Waals surface area contributed by atoms with Gasteiger partial charge in [0.15, 0.2) is 0 Å². The normalized spacial score (nSPS) is 31.1. The zero-order valence-corrected chi connectivity index (χ0v) is 11.7. The van der Waals surface area contributed by atoms with Crippen LogP contribution in [0.1, 0.15) is 43.7 Å². The largest absolute Gasteiger partial charge is 0.393 e. The van der Waals surface area contributed by atoms with Gasteiger partial charge in [-0.05, 0) is 31.2 Å². The summed E-state index contributed by atoms with van der Waals surface area (Å²) in [5, 5.41) is 17.6. The van der Waals surface area contributed by atoms with Crippen LogP contribution in [0.3, 0.4) is 0 Å². The number of hydrogen-bond donors (Lipinski definition) is 3. The highest BCUT2D eigenvalue weighted by Crippen LogP contribution is 2.42. The number of aliphatic hydroxyl groups is 1. The number of benzene rings is 1. The summed E-state index contributed by atoms with van der Waals surface area (Å²) in [6, 6.07) is 11.4. The van der Waals surface area contributed by atoms with E-state index in [0.29, 0.717) is 18.5 Å². The van der Waals surface area contributed by atoms with Crippen molar-refractivity contribution in [3.05, 3.63) is 35.9 Å². The Balaban J connectivity index is 1.88. The monoisotopic (exact) mass is 273 g/mol. The first kappa shape index (κ1) is 13.6. The van der Waals surface area contributed by atoms with E-state index in [9.17, 15) is 5.11 Å². The molecule has 4 N–H and O–H groups in total. The van der Waals surface area contributed by atoms with E-state index in [1.54, 1.807) is 0 Å². The van der Waals surface area contributed by atoms with Gasteiger partial charge in [0.1, 0.15) is 0 Å². The molecule has 20 heavy (non-hydrogen) atoms. The second kappa shape index (κ2) is 5.54. The number of rotatable bonds is 4. The number of nitrogens with zero attached hydrogens (tertiary/aromatic N) is 1. The fourth-order valence-electron chi connectivity index (χ4n) is 3.97. The molecule has 4 nitrogen and oxygen atoms in total. The Hall–Kier alpha value is -1.39. The molecule has 2 bridgehead atoms. The lowest BCUT2D eigenvalue weighted by Crippen LogP contribution is -2.47. The minimum Gasteiger partial charge on any atom is -0.393 e. The molecule has 1 aromatic rings. The zero-order chi connectivity index (χ0) is 14.1. The lowest BCUT2D eigenvalue weighted by Gasteiger charge is -2.42. The Bertz CT molecular complexity index is 462. The number of nitrogens with one attached hydrogen (secondary N) is 1. The number of fused-ring (bicyclic) bond motifs is 2. The summed E-state index contributed by atoms with van der Waals surface area (Å²) in [6.07, 6.45) is 4.45. The topological polar surface area (TPSA) is 73.3 Å². The SMILES string of the molecule is N=C(N)CC(c1ccccc1)N1C2CCC1CC(O)C2. The van der Waals surface area contributed by atoms with Gasteiger partial charge in [-0.25, -0.2) is 0 Å². The van der Waals surface area contributed by atoms with Crippen LogP contribution in [-0.2, 0) is 0 Å². The highest BCUT2D eigenvalue weighted by atomic mass is 16.3. The summed E-state index contributed by atoms with van der Waals surface area (Å²) in [5.41, 5.74) is 6.92. The molecular weight excluding hydrogens is 250 g/mol. The molecule has 4 heteroatoms. The van der Waals surface area contributed by atoms with Crippen molar-refractivity contribution in [1.29, 1.82) is 5.41 Å². The summed E-state index contributed by atoms with van der Waals surface area (Å²) < 4.78 is 0. The van der Waals surface area contributed by atoms with E-state index in [2.05, 4.69) is 17.0 Å². The number of hydrogen-bond acceptors (Lipinski definition) is 3. The third-order valence-corrected chi connectivity index (χ3v) is 4.72. The van der Waals surface area contributed by atoms with Crippen LogP contribution in [0.4, 0.5) is 0 Å². The van der Waals surface area contributed by atoms with Gasteiger partial charge in [-0.3, -0.25) is 10.3 Å². The summed E-state index contributed by atoms with van der Waals surface area (Å²) in [6.45, 7) is 0. The first-order chi connectivity index (χ1) is 9.65. The fraction of sp³-hybridized carbons (Fsp3) is 0.562. The minimum absolute atomic E-state index is 0.155. The maximum atomic E-state index is 9.95. The predicted molar refractivity (Wildman–Crippen MR) is 79.6 cm³/mol. The molecule has 0 radical (unpaired) electrons. The lowest BCUT2D eigenvalue weighted by molar-refractivity contribution is 0.0110. The standard InChI is InChI=1S/C16H23N3O/c17-16(18)10-15(11-4-2-1-3-5-11)19-12-6-7-13(19)9-14(20)8-12/h1-5,12-15,20H,6-10H2,(H3,17,18). The van der Waals surface area contributed by atoms with E-state index in [4.69, 9.17) is 11.1 Å². The molecular formula is C16H23N3O. The van der Waals surface area contributed by atoms with Gasteiger partial charge >= 0.3 is 0 Å². The van der Waals surface area contributed by atoms with E-state index in [-0.39, 0.29) is 18.0 Å². The molecule has 2 saturated heterocycles. The van der Waals surface area contributed by atoms with Crippen LogP contribution < -0.4 is 5.73 Å². The number of aliphatic hydroxyl groups excluding tert-OH is 1.